The lowest BCUT2D eigenvalue weighted by Gasteiger charge is -2.48. The number of hydrogen-bond donors (Lipinski definition) is 0. The van der Waals surface area contributed by atoms with Gasteiger partial charge in [-0.1, -0.05) is 25.4 Å². The monoisotopic (exact) mass is 278 g/mol. The Bertz CT molecular complexity index is 490. The van der Waals surface area contributed by atoms with Crippen molar-refractivity contribution in [1.29, 1.82) is 15.8 Å². The Morgan fingerprint density at radius 3 is 2.11 bits per heavy atom. The molecule has 0 saturated carbocycles. The zero-order chi connectivity index (χ0) is 14.7. The van der Waals surface area contributed by atoms with Gasteiger partial charge in [0.2, 0.25) is 0 Å². The molecule has 6 heteroatoms. The van der Waals surface area contributed by atoms with Gasteiger partial charge in [-0.3, -0.25) is 0 Å². The first-order valence-electron chi connectivity index (χ1n) is 6.01. The van der Waals surface area contributed by atoms with Crippen molar-refractivity contribution >= 4 is 16.8 Å². The minimum absolute atomic E-state index is 0.0324. The van der Waals surface area contributed by atoms with Crippen LogP contribution < -0.4 is 0 Å². The molecule has 1 unspecified atom stereocenters. The highest BCUT2D eigenvalue weighted by Gasteiger charge is 2.63. The van der Waals surface area contributed by atoms with E-state index >= 15 is 0 Å². The molecule has 100 valence electrons. The molecule has 0 aromatic carbocycles. The SMILES string of the molecule is CCC1(CC)[C@@H](OC)N=C(Cl)C(C#N)C1(C#N)C#N. The van der Waals surface area contributed by atoms with Gasteiger partial charge in [0.25, 0.3) is 0 Å². The molecule has 0 fully saturated rings. The summed E-state index contributed by atoms with van der Waals surface area (Å²) in [6.07, 6.45) is 0.295. The van der Waals surface area contributed by atoms with E-state index in [1.54, 1.807) is 0 Å². The summed E-state index contributed by atoms with van der Waals surface area (Å²) in [6.45, 7) is 3.73. The third kappa shape index (κ3) is 1.80. The topological polar surface area (TPSA) is 93.0 Å². The number of rotatable bonds is 3. The molecule has 0 radical (unpaired) electrons. The molecule has 2 atom stereocenters. The van der Waals surface area contributed by atoms with Gasteiger partial charge < -0.3 is 4.74 Å². The first kappa shape index (κ1) is 15.4. The molecule has 19 heavy (non-hydrogen) atoms. The number of ether oxygens (including phenoxy) is 1. The summed E-state index contributed by atoms with van der Waals surface area (Å²) in [6, 6.07) is 6.00. The van der Waals surface area contributed by atoms with Crippen molar-refractivity contribution in [3.8, 4) is 18.2 Å². The van der Waals surface area contributed by atoms with Crippen molar-refractivity contribution in [3.05, 3.63) is 0 Å². The summed E-state index contributed by atoms with van der Waals surface area (Å²) in [7, 11) is 1.46. The van der Waals surface area contributed by atoms with Crippen molar-refractivity contribution in [2.75, 3.05) is 7.11 Å². The van der Waals surface area contributed by atoms with E-state index in [0.717, 1.165) is 0 Å². The van der Waals surface area contributed by atoms with Crippen LogP contribution in [-0.2, 0) is 4.74 Å². The van der Waals surface area contributed by atoms with E-state index in [0.29, 0.717) is 12.8 Å². The van der Waals surface area contributed by atoms with Gasteiger partial charge in [0, 0.05) is 7.11 Å². The average Bonchev–Trinajstić information content (AvgIpc) is 2.45. The standard InChI is InChI=1S/C13H15ClN4O/c1-4-12(5-2)11(19-3)18-10(14)9(6-15)13(12,7-16)8-17/h9,11H,4-5H2,1-3H3/t9?,11-/m1/s1. The van der Waals surface area contributed by atoms with Crippen LogP contribution in [0.3, 0.4) is 0 Å². The Hall–Kier alpha value is -1.61. The maximum absolute atomic E-state index is 9.58. The minimum Gasteiger partial charge on any atom is -0.359 e. The van der Waals surface area contributed by atoms with Gasteiger partial charge in [0.1, 0.15) is 11.1 Å². The second kappa shape index (κ2) is 5.57. The van der Waals surface area contributed by atoms with E-state index in [2.05, 4.69) is 4.99 Å². The molecule has 1 rings (SSSR count). The molecule has 1 aliphatic rings. The minimum atomic E-state index is -1.55. The molecule has 0 aromatic rings. The van der Waals surface area contributed by atoms with Crippen LogP contribution in [0.1, 0.15) is 26.7 Å². The lowest BCUT2D eigenvalue weighted by atomic mass is 9.54. The van der Waals surface area contributed by atoms with Crippen molar-refractivity contribution < 1.29 is 4.74 Å². The highest BCUT2D eigenvalue weighted by molar-refractivity contribution is 6.66. The van der Waals surface area contributed by atoms with E-state index in [1.165, 1.54) is 7.11 Å². The van der Waals surface area contributed by atoms with E-state index in [1.807, 2.05) is 32.1 Å². The summed E-state index contributed by atoms with van der Waals surface area (Å²) < 4.78 is 5.33. The second-order valence-corrected chi connectivity index (χ2v) is 4.88. The molecule has 0 amide bonds. The number of aliphatic imine (C=N–C) groups is 1. The quantitative estimate of drug-likeness (QED) is 0.793. The van der Waals surface area contributed by atoms with Crippen LogP contribution in [0, 0.1) is 50.7 Å². The van der Waals surface area contributed by atoms with E-state index in [9.17, 15) is 15.8 Å². The molecular formula is C13H15ClN4O. The Morgan fingerprint density at radius 1 is 1.26 bits per heavy atom. The number of halogens is 1. The average molecular weight is 279 g/mol. The van der Waals surface area contributed by atoms with E-state index in [4.69, 9.17) is 16.3 Å². The smallest absolute Gasteiger partial charge is 0.175 e. The van der Waals surface area contributed by atoms with Crippen LogP contribution in [0.5, 0.6) is 0 Å². The summed E-state index contributed by atoms with van der Waals surface area (Å²) in [4.78, 5) is 4.17. The maximum Gasteiger partial charge on any atom is 0.175 e. The third-order valence-electron chi connectivity index (χ3n) is 4.14. The van der Waals surface area contributed by atoms with Gasteiger partial charge in [-0.05, 0) is 12.8 Å². The van der Waals surface area contributed by atoms with Crippen molar-refractivity contribution in [2.24, 2.45) is 21.7 Å². The van der Waals surface area contributed by atoms with Crippen molar-refractivity contribution in [2.45, 2.75) is 32.9 Å². The van der Waals surface area contributed by atoms with E-state index in [-0.39, 0.29) is 5.17 Å². The molecule has 1 aliphatic heterocycles. The Labute approximate surface area is 118 Å². The zero-order valence-corrected chi connectivity index (χ0v) is 11.9. The fourth-order valence-electron chi connectivity index (χ4n) is 2.93. The molecule has 0 aliphatic carbocycles. The van der Waals surface area contributed by atoms with Gasteiger partial charge in [0.15, 0.2) is 11.6 Å². The van der Waals surface area contributed by atoms with Crippen LogP contribution in [0.4, 0.5) is 0 Å². The summed E-state index contributed by atoms with van der Waals surface area (Å²) >= 11 is 5.98. The first-order valence-corrected chi connectivity index (χ1v) is 6.39. The van der Waals surface area contributed by atoms with Crippen molar-refractivity contribution in [1.82, 2.24) is 0 Å². The third-order valence-corrected chi connectivity index (χ3v) is 4.45. The molecule has 0 N–H and O–H groups in total. The summed E-state index contributed by atoms with van der Waals surface area (Å²) in [5.41, 5.74) is -2.39. The van der Waals surface area contributed by atoms with Crippen molar-refractivity contribution in [3.63, 3.8) is 0 Å². The lowest BCUT2D eigenvalue weighted by Crippen LogP contribution is -2.56. The molecule has 1 heterocycles. The van der Waals surface area contributed by atoms with E-state index < -0.39 is 23.0 Å². The number of hydrogen-bond acceptors (Lipinski definition) is 5. The Balaban J connectivity index is 3.70. The van der Waals surface area contributed by atoms with Gasteiger partial charge in [-0.25, -0.2) is 4.99 Å². The lowest BCUT2D eigenvalue weighted by molar-refractivity contribution is -0.0703. The highest BCUT2D eigenvalue weighted by atomic mass is 35.5. The van der Waals surface area contributed by atoms with Gasteiger partial charge in [-0.2, -0.15) is 15.8 Å². The predicted octanol–water partition coefficient (Wildman–Crippen LogP) is 2.59. The summed E-state index contributed by atoms with van der Waals surface area (Å²) in [5, 5.41) is 28.4. The fraction of sp³-hybridized carbons (Fsp3) is 0.692. The van der Waals surface area contributed by atoms with Crippen LogP contribution in [0.2, 0.25) is 0 Å². The largest absolute Gasteiger partial charge is 0.359 e. The number of methoxy groups -OCH3 is 1. The fourth-order valence-corrected chi connectivity index (χ4v) is 3.23. The molecule has 0 saturated heterocycles. The molecule has 0 aromatic heterocycles. The van der Waals surface area contributed by atoms with Gasteiger partial charge >= 0.3 is 0 Å². The molecule has 5 nitrogen and oxygen atoms in total. The maximum atomic E-state index is 9.58. The molecule has 0 bridgehead atoms. The highest BCUT2D eigenvalue weighted by Crippen LogP contribution is 2.56. The summed E-state index contributed by atoms with van der Waals surface area (Å²) in [5.74, 6) is -1.05. The zero-order valence-electron chi connectivity index (χ0n) is 11.1. The van der Waals surface area contributed by atoms with Crippen LogP contribution in [0.25, 0.3) is 0 Å². The van der Waals surface area contributed by atoms with Gasteiger partial charge in [0.05, 0.1) is 23.6 Å². The second-order valence-electron chi connectivity index (χ2n) is 4.50. The molecule has 0 spiro atoms. The number of nitriles is 3. The Morgan fingerprint density at radius 2 is 1.79 bits per heavy atom. The molecular weight excluding hydrogens is 264 g/mol. The normalized spacial score (nSPS) is 27.5. The van der Waals surface area contributed by atoms with Gasteiger partial charge in [-0.15, -0.1) is 0 Å². The Kier molecular flexibility index (Phi) is 4.53. The van der Waals surface area contributed by atoms with Crippen LogP contribution >= 0.6 is 11.6 Å². The van der Waals surface area contributed by atoms with Crippen LogP contribution in [0.15, 0.2) is 4.99 Å². The van der Waals surface area contributed by atoms with Crippen LogP contribution in [-0.4, -0.2) is 18.5 Å². The number of nitrogens with zero attached hydrogens (tertiary/aromatic N) is 4. The first-order chi connectivity index (χ1) is 9.03. The predicted molar refractivity (Wildman–Crippen MR) is 69.9 cm³/mol.